The van der Waals surface area contributed by atoms with Gasteiger partial charge in [0.25, 0.3) is 5.91 Å². The minimum absolute atomic E-state index is 0.0279. The lowest BCUT2D eigenvalue weighted by Gasteiger charge is -2.38. The molecule has 1 saturated heterocycles. The van der Waals surface area contributed by atoms with Crippen molar-refractivity contribution in [2.24, 2.45) is 5.92 Å². The monoisotopic (exact) mass is 409 g/mol. The molecule has 0 atom stereocenters. The zero-order valence-corrected chi connectivity index (χ0v) is 15.7. The molecule has 1 aliphatic heterocycles. The Bertz CT molecular complexity index is 912. The third-order valence-corrected chi connectivity index (χ3v) is 4.93. The summed E-state index contributed by atoms with van der Waals surface area (Å²) in [5, 5.41) is 4.67. The third-order valence-electron chi connectivity index (χ3n) is 4.12. The average molecular weight is 409 g/mol. The number of thiazole rings is 1. The lowest BCUT2D eigenvalue weighted by molar-refractivity contribution is -0.142. The number of carbonyl (C=O) groups excluding carboxylic acids is 3. The van der Waals surface area contributed by atoms with E-state index in [-0.39, 0.29) is 37.6 Å². The molecule has 28 heavy (non-hydrogen) atoms. The van der Waals surface area contributed by atoms with Gasteiger partial charge in [-0.05, 0) is 25.1 Å². The first kappa shape index (κ1) is 19.9. The fourth-order valence-corrected chi connectivity index (χ4v) is 3.35. The molecule has 0 unspecified atom stereocenters. The molecule has 2 aromatic rings. The summed E-state index contributed by atoms with van der Waals surface area (Å²) in [5.41, 5.74) is 0.531. The summed E-state index contributed by atoms with van der Waals surface area (Å²) in [7, 11) is 0. The number of hydrogen-bond acceptors (Lipinski definition) is 6. The van der Waals surface area contributed by atoms with Crippen LogP contribution in [0.5, 0.6) is 0 Å². The van der Waals surface area contributed by atoms with Crippen LogP contribution in [0.4, 0.5) is 13.9 Å². The van der Waals surface area contributed by atoms with Gasteiger partial charge in [0.15, 0.2) is 16.8 Å². The maximum Gasteiger partial charge on any atom is 0.311 e. The molecular weight excluding hydrogens is 392 g/mol. The van der Waals surface area contributed by atoms with Gasteiger partial charge >= 0.3 is 5.97 Å². The minimum atomic E-state index is -1.09. The van der Waals surface area contributed by atoms with Crippen LogP contribution in [0.1, 0.15) is 23.0 Å². The maximum atomic E-state index is 13.3. The van der Waals surface area contributed by atoms with Crippen LogP contribution >= 0.6 is 11.3 Å². The smallest absolute Gasteiger partial charge is 0.311 e. The predicted octanol–water partition coefficient (Wildman–Crippen LogP) is 2.24. The van der Waals surface area contributed by atoms with Crippen molar-refractivity contribution < 1.29 is 27.9 Å². The van der Waals surface area contributed by atoms with Gasteiger partial charge in [-0.25, -0.2) is 13.8 Å². The molecule has 0 spiro atoms. The standard InChI is InChI=1S/C18H17F2N3O4S/c1-2-27-15(24)6-12-9-28-18(21-12)22-16(25)11-7-23(8-11)17(26)10-3-4-13(19)14(20)5-10/h3-5,9,11H,2,6-8H2,1H3,(H,21,22,25). The molecule has 0 saturated carbocycles. The molecule has 2 amide bonds. The van der Waals surface area contributed by atoms with Gasteiger partial charge in [0.1, 0.15) is 0 Å². The normalized spacial score (nSPS) is 13.8. The van der Waals surface area contributed by atoms with E-state index in [0.29, 0.717) is 10.8 Å². The van der Waals surface area contributed by atoms with Crippen LogP contribution in [0.2, 0.25) is 0 Å². The van der Waals surface area contributed by atoms with E-state index >= 15 is 0 Å². The first-order chi connectivity index (χ1) is 13.4. The molecule has 7 nitrogen and oxygen atoms in total. The number of likely N-dealkylation sites (tertiary alicyclic amines) is 1. The number of amides is 2. The molecule has 0 aliphatic carbocycles. The molecule has 2 heterocycles. The number of anilines is 1. The first-order valence-electron chi connectivity index (χ1n) is 8.52. The fraction of sp³-hybridized carbons (Fsp3) is 0.333. The number of benzene rings is 1. The summed E-state index contributed by atoms with van der Waals surface area (Å²) < 4.78 is 31.1. The van der Waals surface area contributed by atoms with Crippen molar-refractivity contribution in [1.82, 2.24) is 9.88 Å². The van der Waals surface area contributed by atoms with E-state index < -0.39 is 29.4 Å². The highest BCUT2D eigenvalue weighted by Crippen LogP contribution is 2.23. The lowest BCUT2D eigenvalue weighted by atomic mass is 9.98. The van der Waals surface area contributed by atoms with E-state index in [1.165, 1.54) is 22.3 Å². The largest absolute Gasteiger partial charge is 0.466 e. The number of halogens is 2. The Kier molecular flexibility index (Phi) is 5.98. The van der Waals surface area contributed by atoms with E-state index in [1.807, 2.05) is 0 Å². The van der Waals surface area contributed by atoms with Gasteiger partial charge in [0, 0.05) is 24.0 Å². The SMILES string of the molecule is CCOC(=O)Cc1csc(NC(=O)C2CN(C(=O)c3ccc(F)c(F)c3)C2)n1. The molecule has 10 heteroatoms. The van der Waals surface area contributed by atoms with E-state index in [0.717, 1.165) is 12.1 Å². The maximum absolute atomic E-state index is 13.3. The summed E-state index contributed by atoms with van der Waals surface area (Å²) in [4.78, 5) is 41.5. The second-order valence-electron chi connectivity index (χ2n) is 6.15. The number of carbonyl (C=O) groups is 3. The average Bonchev–Trinajstić information content (AvgIpc) is 3.02. The summed E-state index contributed by atoms with van der Waals surface area (Å²) in [6, 6.07) is 2.93. The van der Waals surface area contributed by atoms with Gasteiger partial charge in [-0.1, -0.05) is 0 Å². The van der Waals surface area contributed by atoms with E-state index in [4.69, 9.17) is 4.74 Å². The van der Waals surface area contributed by atoms with Crippen molar-refractivity contribution in [2.75, 3.05) is 25.0 Å². The van der Waals surface area contributed by atoms with Crippen molar-refractivity contribution in [3.05, 3.63) is 46.5 Å². The van der Waals surface area contributed by atoms with Crippen molar-refractivity contribution in [3.63, 3.8) is 0 Å². The summed E-state index contributed by atoms with van der Waals surface area (Å²) in [6.07, 6.45) is 0.0279. The second kappa shape index (κ2) is 8.42. The number of hydrogen-bond donors (Lipinski definition) is 1. The van der Waals surface area contributed by atoms with Gasteiger partial charge in [0.2, 0.25) is 5.91 Å². The molecule has 148 valence electrons. The van der Waals surface area contributed by atoms with Crippen molar-refractivity contribution in [2.45, 2.75) is 13.3 Å². The summed E-state index contributed by atoms with van der Waals surface area (Å²) in [6.45, 7) is 2.34. The highest BCUT2D eigenvalue weighted by molar-refractivity contribution is 7.13. The number of rotatable bonds is 6. The van der Waals surface area contributed by atoms with E-state index in [9.17, 15) is 23.2 Å². The van der Waals surface area contributed by atoms with Crippen molar-refractivity contribution >= 4 is 34.3 Å². The van der Waals surface area contributed by atoms with Crippen LogP contribution in [0, 0.1) is 17.6 Å². The van der Waals surface area contributed by atoms with Crippen LogP contribution in [-0.2, 0) is 20.7 Å². The van der Waals surface area contributed by atoms with Crippen LogP contribution in [0.25, 0.3) is 0 Å². The zero-order chi connectivity index (χ0) is 20.3. The van der Waals surface area contributed by atoms with Crippen LogP contribution < -0.4 is 5.32 Å². The number of aromatic nitrogens is 1. The molecule has 1 N–H and O–H groups in total. The minimum Gasteiger partial charge on any atom is -0.466 e. The van der Waals surface area contributed by atoms with Crippen molar-refractivity contribution in [3.8, 4) is 0 Å². The van der Waals surface area contributed by atoms with Crippen molar-refractivity contribution in [1.29, 1.82) is 0 Å². The van der Waals surface area contributed by atoms with Crippen LogP contribution in [0.3, 0.4) is 0 Å². The van der Waals surface area contributed by atoms with E-state index in [1.54, 1.807) is 12.3 Å². The van der Waals surface area contributed by atoms with Crippen LogP contribution in [-0.4, -0.2) is 47.4 Å². The Morgan fingerprint density at radius 2 is 2.04 bits per heavy atom. The fourth-order valence-electron chi connectivity index (χ4n) is 2.63. The molecule has 1 fully saturated rings. The predicted molar refractivity (Wildman–Crippen MR) is 96.8 cm³/mol. The van der Waals surface area contributed by atoms with Gasteiger partial charge in [0.05, 0.1) is 24.6 Å². The van der Waals surface area contributed by atoms with Crippen LogP contribution in [0.15, 0.2) is 23.6 Å². The number of ether oxygens (including phenoxy) is 1. The molecule has 1 aromatic carbocycles. The number of nitrogens with zero attached hydrogens (tertiary/aromatic N) is 2. The summed E-state index contributed by atoms with van der Waals surface area (Å²) >= 11 is 1.19. The lowest BCUT2D eigenvalue weighted by Crippen LogP contribution is -2.54. The number of esters is 1. The highest BCUT2D eigenvalue weighted by Gasteiger charge is 2.36. The van der Waals surface area contributed by atoms with E-state index in [2.05, 4.69) is 10.3 Å². The second-order valence-corrected chi connectivity index (χ2v) is 7.01. The molecule has 3 rings (SSSR count). The van der Waals surface area contributed by atoms with Gasteiger partial charge in [-0.3, -0.25) is 14.4 Å². The molecule has 0 bridgehead atoms. The van der Waals surface area contributed by atoms with Gasteiger partial charge in [-0.2, -0.15) is 0 Å². The molecule has 1 aliphatic rings. The third kappa shape index (κ3) is 4.50. The summed E-state index contributed by atoms with van der Waals surface area (Å²) in [5.74, 6) is -3.70. The molecule has 0 radical (unpaired) electrons. The molecular formula is C18H17F2N3O4S. The Morgan fingerprint density at radius 3 is 2.71 bits per heavy atom. The Morgan fingerprint density at radius 1 is 1.29 bits per heavy atom. The van der Waals surface area contributed by atoms with Gasteiger partial charge in [-0.15, -0.1) is 11.3 Å². The first-order valence-corrected chi connectivity index (χ1v) is 9.40. The van der Waals surface area contributed by atoms with Gasteiger partial charge < -0.3 is 15.0 Å². The topological polar surface area (TPSA) is 88.6 Å². The Hall–Kier alpha value is -2.88. The Balaban J connectivity index is 1.50. The number of nitrogens with one attached hydrogen (secondary N) is 1. The highest BCUT2D eigenvalue weighted by atomic mass is 32.1. The molecule has 1 aromatic heterocycles. The quantitative estimate of drug-likeness (QED) is 0.740. The Labute approximate surface area is 163 Å². The zero-order valence-electron chi connectivity index (χ0n) is 14.9.